The Morgan fingerprint density at radius 3 is 2.40 bits per heavy atom. The normalized spacial score (nSPS) is 44.3. The Morgan fingerprint density at radius 1 is 1.07 bits per heavy atom. The number of carbonyl (C=O) groups excluding carboxylic acids is 4. The Labute approximate surface area is 320 Å². The molecule has 6 aliphatic rings. The van der Waals surface area contributed by atoms with Crippen molar-refractivity contribution in [3.8, 4) is 0 Å². The predicted molar refractivity (Wildman–Crippen MR) is 190 cm³/mol. The van der Waals surface area contributed by atoms with E-state index in [1.165, 1.54) is 7.11 Å². The Balaban J connectivity index is 1.23. The maximum atomic E-state index is 14.5. The second-order valence-corrected chi connectivity index (χ2v) is 16.6. The van der Waals surface area contributed by atoms with Crippen molar-refractivity contribution >= 4 is 29.3 Å². The monoisotopic (exact) mass is 780 g/mol. The molecule has 6 rings (SSSR count). The topological polar surface area (TPSA) is 295 Å². The van der Waals surface area contributed by atoms with Gasteiger partial charge in [0, 0.05) is 56.4 Å². The molecule has 0 radical (unpaired) electrons. The van der Waals surface area contributed by atoms with E-state index < -0.39 is 96.5 Å². The van der Waals surface area contributed by atoms with Gasteiger partial charge in [-0.15, -0.1) is 0 Å². The van der Waals surface area contributed by atoms with E-state index in [1.54, 1.807) is 7.05 Å². The second kappa shape index (κ2) is 16.9. The Hall–Kier alpha value is -2.91. The van der Waals surface area contributed by atoms with E-state index in [1.807, 2.05) is 12.2 Å². The van der Waals surface area contributed by atoms with Crippen molar-refractivity contribution in [2.24, 2.45) is 58.8 Å². The quantitative estimate of drug-likeness (QED) is 0.0530. The molecule has 13 N–H and O–H groups in total. The first-order valence-electron chi connectivity index (χ1n) is 19.6. The summed E-state index contributed by atoms with van der Waals surface area (Å²) in [6, 6.07) is 0. The minimum absolute atomic E-state index is 0.0875. The fraction of sp³-hybridized carbons (Fsp3) is 0.811. The highest BCUT2D eigenvalue weighted by molar-refractivity contribution is 6.12. The lowest BCUT2D eigenvalue weighted by Crippen LogP contribution is -2.94. The lowest BCUT2D eigenvalue weighted by Gasteiger charge is -2.53. The Morgan fingerprint density at radius 2 is 1.76 bits per heavy atom. The lowest BCUT2D eigenvalue weighted by molar-refractivity contribution is -0.699. The first-order chi connectivity index (χ1) is 26.1. The molecule has 0 aromatic rings. The van der Waals surface area contributed by atoms with E-state index in [2.05, 4.69) is 10.3 Å². The van der Waals surface area contributed by atoms with Gasteiger partial charge in [0.05, 0.1) is 56.9 Å². The highest BCUT2D eigenvalue weighted by Crippen LogP contribution is 2.51. The first-order valence-corrected chi connectivity index (χ1v) is 19.6. The van der Waals surface area contributed by atoms with E-state index in [-0.39, 0.29) is 67.8 Å². The highest BCUT2D eigenvalue weighted by atomic mass is 16.7. The van der Waals surface area contributed by atoms with Crippen LogP contribution in [0.4, 0.5) is 0 Å². The van der Waals surface area contributed by atoms with Gasteiger partial charge in [0.1, 0.15) is 41.6 Å². The number of nitrogens with two attached hydrogens (primary N) is 3. The van der Waals surface area contributed by atoms with E-state index in [9.17, 15) is 44.7 Å². The van der Waals surface area contributed by atoms with E-state index in [0.29, 0.717) is 31.8 Å². The van der Waals surface area contributed by atoms with Gasteiger partial charge in [-0.05, 0) is 43.4 Å². The number of amides is 2. The van der Waals surface area contributed by atoms with Crippen LogP contribution in [-0.2, 0) is 33.4 Å². The number of quaternary nitrogens is 1. The molecule has 0 aromatic carbocycles. The van der Waals surface area contributed by atoms with Crippen molar-refractivity contribution in [2.75, 3.05) is 40.4 Å². The van der Waals surface area contributed by atoms with Crippen molar-refractivity contribution in [1.29, 1.82) is 0 Å². The number of ether oxygens (including phenoxy) is 3. The number of methoxy groups -OCH3 is 1. The maximum absolute atomic E-state index is 14.5. The highest BCUT2D eigenvalue weighted by Gasteiger charge is 2.62. The molecule has 55 heavy (non-hydrogen) atoms. The van der Waals surface area contributed by atoms with Gasteiger partial charge in [-0.3, -0.25) is 45.9 Å². The largest absolute Gasteiger partial charge is 0.394 e. The molecule has 3 aliphatic carbocycles. The summed E-state index contributed by atoms with van der Waals surface area (Å²) in [5.41, 5.74) is 9.87. The number of carbonyl (C=O) groups is 4. The van der Waals surface area contributed by atoms with Crippen molar-refractivity contribution in [3.05, 3.63) is 12.2 Å². The summed E-state index contributed by atoms with van der Waals surface area (Å²) in [5.74, 6) is -5.98. The average molecular weight is 781 g/mol. The van der Waals surface area contributed by atoms with Gasteiger partial charge in [-0.25, -0.2) is 0 Å². The van der Waals surface area contributed by atoms with Crippen molar-refractivity contribution < 1.29 is 69.2 Å². The summed E-state index contributed by atoms with van der Waals surface area (Å²) in [4.78, 5) is 57.7. The summed E-state index contributed by atoms with van der Waals surface area (Å²) in [5, 5.41) is 62.6. The number of piperidine rings is 1. The van der Waals surface area contributed by atoms with Gasteiger partial charge in [0.2, 0.25) is 0 Å². The number of aliphatic hydroxyl groups is 5. The van der Waals surface area contributed by atoms with Crippen molar-refractivity contribution in [1.82, 2.24) is 10.2 Å². The molecule has 3 aliphatic heterocycles. The van der Waals surface area contributed by atoms with Crippen LogP contribution < -0.4 is 27.1 Å². The van der Waals surface area contributed by atoms with Crippen LogP contribution in [0.1, 0.15) is 45.4 Å². The molecule has 0 aromatic heterocycles. The van der Waals surface area contributed by atoms with Crippen LogP contribution in [0, 0.1) is 47.3 Å². The number of hydrogen-bond donors (Lipinski definition) is 10. The molecule has 308 valence electrons. The molecule has 0 spiro atoms. The van der Waals surface area contributed by atoms with Crippen LogP contribution >= 0.6 is 0 Å². The Kier molecular flexibility index (Phi) is 12.8. The predicted octanol–water partition coefficient (Wildman–Crippen LogP) is -6.21. The number of fused-ring (bicyclic) bond motifs is 2. The molecule has 18 heteroatoms. The summed E-state index contributed by atoms with van der Waals surface area (Å²) < 4.78 is 18.1. The molecule has 2 amide bonds. The molecule has 3 saturated carbocycles. The minimum atomic E-state index is -2.27. The molecule has 18 nitrogen and oxygen atoms in total. The fourth-order valence-electron chi connectivity index (χ4n) is 10.5. The summed E-state index contributed by atoms with van der Waals surface area (Å²) in [6.45, 7) is 1.99. The van der Waals surface area contributed by atoms with Gasteiger partial charge >= 0.3 is 5.96 Å². The molecule has 5 fully saturated rings. The van der Waals surface area contributed by atoms with Crippen LogP contribution in [0.3, 0.4) is 0 Å². The third-order valence-electron chi connectivity index (χ3n) is 13.6. The van der Waals surface area contributed by atoms with Gasteiger partial charge < -0.3 is 45.1 Å². The number of rotatable bonds is 11. The smallest absolute Gasteiger partial charge is 0.340 e. The molecule has 0 bridgehead atoms. The number of nitrogens with zero attached hydrogens (tertiary/aromatic N) is 1. The van der Waals surface area contributed by atoms with Gasteiger partial charge in [0.15, 0.2) is 6.29 Å². The first kappa shape index (κ1) is 41.7. The third kappa shape index (κ3) is 8.00. The fourth-order valence-corrected chi connectivity index (χ4v) is 10.5. The van der Waals surface area contributed by atoms with Crippen LogP contribution in [0.25, 0.3) is 0 Å². The zero-order valence-corrected chi connectivity index (χ0v) is 31.7. The summed E-state index contributed by atoms with van der Waals surface area (Å²) in [6.07, 6.45) is -5.97. The van der Waals surface area contributed by atoms with Gasteiger partial charge in [0.25, 0.3) is 11.8 Å². The number of guanidine groups is 1. The second-order valence-electron chi connectivity index (χ2n) is 16.6. The van der Waals surface area contributed by atoms with Crippen molar-refractivity contribution in [2.45, 2.75) is 100 Å². The maximum Gasteiger partial charge on any atom is 0.340 e. The molecule has 3 heterocycles. The molecule has 17 atom stereocenters. The van der Waals surface area contributed by atoms with Gasteiger partial charge in [-0.2, -0.15) is 0 Å². The SMILES string of the molecule is C[NH+]=C(N)NCC1C(C)CC2C(=O)C3CC(OC)CC(O[C@H]4O[C@H](CO)[C@](O)(C[C@H](CN5C(=O)C=CC5=O)C5CC[NH2+]C(N)C5)[C@H](O)[C@H]4O)C3C(=O)C2C1O. The minimum Gasteiger partial charge on any atom is -0.394 e. The van der Waals surface area contributed by atoms with Crippen LogP contribution in [0.15, 0.2) is 12.2 Å². The molecular formula is C37H60N6O12+2. The van der Waals surface area contributed by atoms with E-state index in [0.717, 1.165) is 17.1 Å². The molecule has 2 saturated heterocycles. The Bertz CT molecular complexity index is 1490. The zero-order valence-electron chi connectivity index (χ0n) is 31.7. The zero-order chi connectivity index (χ0) is 39.9. The molecular weight excluding hydrogens is 720 g/mol. The average Bonchev–Trinajstić information content (AvgIpc) is 3.48. The van der Waals surface area contributed by atoms with Crippen LogP contribution in [-0.4, -0.2) is 155 Å². The number of aliphatic hydroxyl groups excluding tert-OH is 4. The van der Waals surface area contributed by atoms with Crippen LogP contribution in [0.5, 0.6) is 0 Å². The van der Waals surface area contributed by atoms with E-state index in [4.69, 9.17) is 25.7 Å². The number of Topliss-reactive ketones (excluding diaryl/α,β-unsaturated/α-hetero) is 2. The standard InChI is InChI=1S/C37H58N6O12/c1-16-8-20-29(31(48)22(16)13-42-36(39)40-2)32(49)28-21(30(20)47)10-19(53-3)11-23(28)54-35-33(50)34(51)37(52,24(15-44)55-35)12-18(17-6-7-41-25(38)9-17)14-43-26(45)4-5-27(43)46/h4-5,16-25,28-29,31,33-35,41,44,48,50-52H,6-15,38H2,1-3H3,(H3,39,40,42)/p+2/t16?,17?,18-,19?,20?,21?,22?,23?,24-,25?,28?,29?,31?,33-,34-,35+,37-/m1/s1. The number of ketones is 2. The number of nitrogens with one attached hydrogen (secondary N) is 2. The van der Waals surface area contributed by atoms with E-state index >= 15 is 0 Å². The van der Waals surface area contributed by atoms with Crippen LogP contribution in [0.2, 0.25) is 0 Å². The third-order valence-corrected chi connectivity index (χ3v) is 13.6. The summed E-state index contributed by atoms with van der Waals surface area (Å²) >= 11 is 0. The summed E-state index contributed by atoms with van der Waals surface area (Å²) in [7, 11) is 3.14. The molecule has 11 unspecified atom stereocenters. The van der Waals surface area contributed by atoms with Gasteiger partial charge in [-0.1, -0.05) is 6.92 Å². The number of imide groups is 1. The number of hydrogen-bond acceptors (Lipinski definition) is 13. The lowest BCUT2D eigenvalue weighted by atomic mass is 9.53. The van der Waals surface area contributed by atoms with Crippen molar-refractivity contribution in [3.63, 3.8) is 0 Å².